The zero-order valence-corrected chi connectivity index (χ0v) is 13.8. The Hall–Kier alpha value is -2.68. The number of nitro benzene ring substituents is 1. The third-order valence-corrected chi connectivity index (χ3v) is 3.70. The molecule has 5 nitrogen and oxygen atoms in total. The maximum atomic E-state index is 12.8. The molecular weight excluding hydrogens is 407 g/mol. The number of hydrogen-bond donors (Lipinski definition) is 1. The maximum absolute atomic E-state index is 12.8. The van der Waals surface area contributed by atoms with Gasteiger partial charge in [0.25, 0.3) is 5.69 Å². The van der Waals surface area contributed by atoms with E-state index in [2.05, 4.69) is 15.9 Å². The summed E-state index contributed by atoms with van der Waals surface area (Å²) in [5.41, 5.74) is -2.64. The van der Waals surface area contributed by atoms with Crippen molar-refractivity contribution in [1.29, 1.82) is 0 Å². The highest BCUT2D eigenvalue weighted by Gasteiger charge is 2.34. The molecule has 0 amide bonds. The number of nitro groups is 1. The minimum Gasteiger partial charge on any atom is -0.478 e. The Kier molecular flexibility index (Phi) is 5.27. The average molecular weight is 416 g/mol. The van der Waals surface area contributed by atoms with Crippen molar-refractivity contribution in [2.75, 3.05) is 0 Å². The lowest BCUT2D eigenvalue weighted by molar-refractivity contribution is -0.385. The number of alkyl halides is 3. The predicted molar refractivity (Wildman–Crippen MR) is 87.7 cm³/mol. The van der Waals surface area contributed by atoms with Crippen molar-refractivity contribution in [3.63, 3.8) is 0 Å². The first-order chi connectivity index (χ1) is 11.6. The Morgan fingerprint density at radius 2 is 1.88 bits per heavy atom. The minimum atomic E-state index is -4.78. The van der Waals surface area contributed by atoms with E-state index < -0.39 is 39.5 Å². The molecule has 130 valence electrons. The second kappa shape index (κ2) is 7.06. The number of carboxylic acid groups (broad SMARTS) is 1. The van der Waals surface area contributed by atoms with Gasteiger partial charge >= 0.3 is 12.1 Å². The van der Waals surface area contributed by atoms with E-state index in [1.54, 1.807) is 24.3 Å². The lowest BCUT2D eigenvalue weighted by Gasteiger charge is -2.09. The summed E-state index contributed by atoms with van der Waals surface area (Å²) in [7, 11) is 0. The number of carbonyl (C=O) groups is 1. The summed E-state index contributed by atoms with van der Waals surface area (Å²) in [6.45, 7) is 0. The minimum absolute atomic E-state index is 0.326. The van der Waals surface area contributed by atoms with E-state index in [0.29, 0.717) is 22.2 Å². The van der Waals surface area contributed by atoms with Gasteiger partial charge in [-0.1, -0.05) is 28.1 Å². The molecule has 0 atom stereocenters. The van der Waals surface area contributed by atoms with Crippen LogP contribution in [0.1, 0.15) is 16.7 Å². The Morgan fingerprint density at radius 3 is 2.40 bits per heavy atom. The van der Waals surface area contributed by atoms with Crippen LogP contribution in [0.15, 0.2) is 46.9 Å². The molecule has 0 saturated heterocycles. The molecule has 2 rings (SSSR count). The normalized spacial score (nSPS) is 12.1. The van der Waals surface area contributed by atoms with Crippen molar-refractivity contribution in [2.24, 2.45) is 0 Å². The van der Waals surface area contributed by atoms with Gasteiger partial charge in [0.2, 0.25) is 0 Å². The van der Waals surface area contributed by atoms with Gasteiger partial charge in [-0.05, 0) is 35.9 Å². The molecule has 0 fully saturated rings. The quantitative estimate of drug-likeness (QED) is 0.329. The molecule has 0 aromatic heterocycles. The molecule has 0 unspecified atom stereocenters. The van der Waals surface area contributed by atoms with E-state index in [-0.39, 0.29) is 0 Å². The van der Waals surface area contributed by atoms with Gasteiger partial charge in [-0.2, -0.15) is 13.2 Å². The summed E-state index contributed by atoms with van der Waals surface area (Å²) in [6.07, 6.45) is -3.62. The summed E-state index contributed by atoms with van der Waals surface area (Å²) >= 11 is 3.20. The molecule has 0 spiro atoms. The second-order valence-electron chi connectivity index (χ2n) is 4.90. The number of hydrogen-bond acceptors (Lipinski definition) is 3. The van der Waals surface area contributed by atoms with Crippen molar-refractivity contribution in [2.45, 2.75) is 6.18 Å². The van der Waals surface area contributed by atoms with Crippen molar-refractivity contribution >= 4 is 39.2 Å². The molecule has 9 heteroatoms. The van der Waals surface area contributed by atoms with Crippen LogP contribution in [0, 0.1) is 10.1 Å². The van der Waals surface area contributed by atoms with Gasteiger partial charge in [-0.25, -0.2) is 4.79 Å². The number of benzene rings is 2. The number of nitrogens with zero attached hydrogens (tertiary/aromatic N) is 1. The highest BCUT2D eigenvalue weighted by Crippen LogP contribution is 2.36. The fourth-order valence-corrected chi connectivity index (χ4v) is 2.52. The fourth-order valence-electron chi connectivity index (χ4n) is 2.10. The molecule has 2 aromatic rings. The molecule has 0 saturated carbocycles. The second-order valence-corrected chi connectivity index (χ2v) is 5.82. The van der Waals surface area contributed by atoms with Crippen LogP contribution in [0.4, 0.5) is 18.9 Å². The molecular formula is C16H9BrF3NO4. The van der Waals surface area contributed by atoms with Gasteiger partial charge in [0.05, 0.1) is 21.6 Å². The summed E-state index contributed by atoms with van der Waals surface area (Å²) in [5.74, 6) is -1.50. The van der Waals surface area contributed by atoms with Gasteiger partial charge in [0.15, 0.2) is 0 Å². The van der Waals surface area contributed by atoms with E-state index in [1.807, 2.05) is 0 Å². The molecule has 1 N–H and O–H groups in total. The SMILES string of the molecule is O=C(O)/C(=C\c1cccc(Br)c1)c1ccc(C(F)(F)F)cc1[N+](=O)[O-]. The standard InChI is InChI=1S/C16H9BrF3NO4/c17-11-3-1-2-9(6-11)7-13(15(22)23)12-5-4-10(16(18,19)20)8-14(12)21(24)25/h1-8H,(H,22,23)/b13-7-. The summed E-state index contributed by atoms with van der Waals surface area (Å²) < 4.78 is 38.9. The van der Waals surface area contributed by atoms with E-state index in [4.69, 9.17) is 0 Å². The van der Waals surface area contributed by atoms with Crippen LogP contribution in [0.25, 0.3) is 11.6 Å². The van der Waals surface area contributed by atoms with E-state index in [9.17, 15) is 33.2 Å². The van der Waals surface area contributed by atoms with Crippen LogP contribution in [0.2, 0.25) is 0 Å². The van der Waals surface area contributed by atoms with Crippen LogP contribution in [-0.4, -0.2) is 16.0 Å². The molecule has 0 aliphatic carbocycles. The monoisotopic (exact) mass is 415 g/mol. The van der Waals surface area contributed by atoms with Crippen LogP contribution in [0.5, 0.6) is 0 Å². The number of carboxylic acids is 1. The van der Waals surface area contributed by atoms with Crippen LogP contribution < -0.4 is 0 Å². The lowest BCUT2D eigenvalue weighted by Crippen LogP contribution is -2.08. The highest BCUT2D eigenvalue weighted by atomic mass is 79.9. The third-order valence-electron chi connectivity index (χ3n) is 3.20. The number of rotatable bonds is 4. The molecule has 0 heterocycles. The Morgan fingerprint density at radius 1 is 1.20 bits per heavy atom. The van der Waals surface area contributed by atoms with Gasteiger partial charge in [-0.15, -0.1) is 0 Å². The van der Waals surface area contributed by atoms with Gasteiger partial charge in [-0.3, -0.25) is 10.1 Å². The van der Waals surface area contributed by atoms with Gasteiger partial charge in [0.1, 0.15) is 0 Å². The van der Waals surface area contributed by atoms with Crippen molar-refractivity contribution in [1.82, 2.24) is 0 Å². The summed E-state index contributed by atoms with van der Waals surface area (Å²) in [4.78, 5) is 21.6. The van der Waals surface area contributed by atoms with Gasteiger partial charge in [0, 0.05) is 10.5 Å². The molecule has 0 aliphatic rings. The zero-order valence-electron chi connectivity index (χ0n) is 12.2. The van der Waals surface area contributed by atoms with Crippen molar-refractivity contribution < 1.29 is 28.0 Å². The fraction of sp³-hybridized carbons (Fsp3) is 0.0625. The van der Waals surface area contributed by atoms with Crippen molar-refractivity contribution in [3.8, 4) is 0 Å². The Bertz CT molecular complexity index is 878. The average Bonchev–Trinajstić information content (AvgIpc) is 2.51. The van der Waals surface area contributed by atoms with Crippen LogP contribution in [0.3, 0.4) is 0 Å². The number of aliphatic carboxylic acids is 1. The molecule has 0 aliphatic heterocycles. The summed E-state index contributed by atoms with van der Waals surface area (Å²) in [6, 6.07) is 8.17. The van der Waals surface area contributed by atoms with Crippen molar-refractivity contribution in [3.05, 3.63) is 73.7 Å². The summed E-state index contributed by atoms with van der Waals surface area (Å²) in [5, 5.41) is 20.5. The topological polar surface area (TPSA) is 80.4 Å². The highest BCUT2D eigenvalue weighted by molar-refractivity contribution is 9.10. The lowest BCUT2D eigenvalue weighted by atomic mass is 9.99. The predicted octanol–water partition coefficient (Wildman–Crippen LogP) is 5.00. The molecule has 0 radical (unpaired) electrons. The third kappa shape index (κ3) is 4.44. The van der Waals surface area contributed by atoms with E-state index in [1.165, 1.54) is 0 Å². The largest absolute Gasteiger partial charge is 0.478 e. The molecule has 0 bridgehead atoms. The smallest absolute Gasteiger partial charge is 0.416 e. The first kappa shape index (κ1) is 18.7. The van der Waals surface area contributed by atoms with Gasteiger partial charge < -0.3 is 5.11 Å². The van der Waals surface area contributed by atoms with E-state index in [0.717, 1.165) is 12.1 Å². The Labute approximate surface area is 147 Å². The number of halogens is 4. The first-order valence-electron chi connectivity index (χ1n) is 6.66. The van der Waals surface area contributed by atoms with Crippen LogP contribution >= 0.6 is 15.9 Å². The molecule has 25 heavy (non-hydrogen) atoms. The van der Waals surface area contributed by atoms with E-state index >= 15 is 0 Å². The van der Waals surface area contributed by atoms with Crippen LogP contribution in [-0.2, 0) is 11.0 Å². The zero-order chi connectivity index (χ0) is 18.8. The maximum Gasteiger partial charge on any atom is 0.416 e. The molecule has 2 aromatic carbocycles. The Balaban J connectivity index is 2.66. The first-order valence-corrected chi connectivity index (χ1v) is 7.45.